The number of guanidine groups is 1. The molecule has 204 valence electrons. The number of hydrogen-bond donors (Lipinski definition) is 2. The molecule has 2 heterocycles. The van der Waals surface area contributed by atoms with E-state index in [9.17, 15) is 4.79 Å². The van der Waals surface area contributed by atoms with Crippen LogP contribution in [0.1, 0.15) is 60.3 Å². The Hall–Kier alpha value is -2.29. The van der Waals surface area contributed by atoms with Crippen molar-refractivity contribution in [2.45, 2.75) is 83.8 Å². The van der Waals surface area contributed by atoms with Crippen molar-refractivity contribution in [1.82, 2.24) is 15.5 Å². The predicted molar refractivity (Wildman–Crippen MR) is 157 cm³/mol. The average molecular weight is 583 g/mol. The van der Waals surface area contributed by atoms with E-state index in [-0.39, 0.29) is 35.4 Å². The molecule has 38 heavy (non-hydrogen) atoms. The molecule has 7 unspecified atom stereocenters. The maximum absolute atomic E-state index is 14.1. The van der Waals surface area contributed by atoms with Crippen molar-refractivity contribution in [3.05, 3.63) is 58.3 Å². The lowest BCUT2D eigenvalue weighted by molar-refractivity contribution is -0.131. The number of nitrogens with one attached hydrogen (secondary N) is 2. The van der Waals surface area contributed by atoms with Gasteiger partial charge in [0.25, 0.3) is 0 Å². The quantitative estimate of drug-likeness (QED) is 0.439. The zero-order valence-corrected chi connectivity index (χ0v) is 24.9. The summed E-state index contributed by atoms with van der Waals surface area (Å²) in [6.07, 6.45) is 18.7. The molecule has 0 bridgehead atoms. The number of ether oxygens (including phenoxy) is 1. The number of fused-ring (bicyclic) bond motifs is 1. The lowest BCUT2D eigenvalue weighted by Crippen LogP contribution is -2.59. The smallest absolute Gasteiger partial charge is 0.237 e. The second kappa shape index (κ2) is 10.4. The third-order valence-corrected chi connectivity index (χ3v) is 9.44. The van der Waals surface area contributed by atoms with E-state index >= 15 is 0 Å². The minimum atomic E-state index is -0.813. The first-order valence-corrected chi connectivity index (χ1v) is 14.5. The third-order valence-electron chi connectivity index (χ3n) is 8.65. The van der Waals surface area contributed by atoms with E-state index in [4.69, 9.17) is 14.7 Å². The number of hydrogen-bond acceptors (Lipinski definition) is 6. The van der Waals surface area contributed by atoms with Gasteiger partial charge in [0.05, 0.1) is 18.1 Å². The highest BCUT2D eigenvalue weighted by atomic mass is 79.9. The molecule has 2 N–H and O–H groups in total. The fraction of sp³-hybridized carbons (Fsp3) is 0.567. The van der Waals surface area contributed by atoms with Gasteiger partial charge in [-0.15, -0.1) is 0 Å². The molecule has 1 fully saturated rings. The number of carbonyl (C=O) groups is 1. The summed E-state index contributed by atoms with van der Waals surface area (Å²) in [6, 6.07) is -0.325. The molecule has 7 atom stereocenters. The fourth-order valence-electron chi connectivity index (χ4n) is 6.55. The van der Waals surface area contributed by atoms with Gasteiger partial charge in [0.15, 0.2) is 5.85 Å². The maximum atomic E-state index is 14.1. The minimum absolute atomic E-state index is 0.0103. The Kier molecular flexibility index (Phi) is 7.44. The van der Waals surface area contributed by atoms with Crippen molar-refractivity contribution in [3.63, 3.8) is 0 Å². The van der Waals surface area contributed by atoms with Crippen molar-refractivity contribution in [1.29, 1.82) is 0 Å². The molecular weight excluding hydrogens is 542 g/mol. The van der Waals surface area contributed by atoms with Crippen LogP contribution >= 0.6 is 15.9 Å². The molecule has 0 saturated carbocycles. The van der Waals surface area contributed by atoms with Crippen LogP contribution in [0.4, 0.5) is 0 Å². The van der Waals surface area contributed by atoms with Gasteiger partial charge >= 0.3 is 0 Å². The molecule has 5 rings (SSSR count). The summed E-state index contributed by atoms with van der Waals surface area (Å²) in [5.74, 6) is -0.554. The number of carbonyl (C=O) groups excluding carboxylic acids is 1. The summed E-state index contributed by atoms with van der Waals surface area (Å²) in [4.78, 5) is 26.0. The van der Waals surface area contributed by atoms with E-state index in [1.54, 1.807) is 4.90 Å². The summed E-state index contributed by atoms with van der Waals surface area (Å²) < 4.78 is 7.53. The molecule has 2 aliphatic heterocycles. The minimum Gasteiger partial charge on any atom is -0.337 e. The number of amides is 1. The highest BCUT2D eigenvalue weighted by Crippen LogP contribution is 2.40. The summed E-state index contributed by atoms with van der Waals surface area (Å²) in [5, 5.41) is 7.13. The number of allylic oxidation sites excluding steroid dienone is 6. The van der Waals surface area contributed by atoms with E-state index in [0.717, 1.165) is 41.6 Å². The number of rotatable bonds is 4. The van der Waals surface area contributed by atoms with Crippen molar-refractivity contribution in [2.75, 3.05) is 7.05 Å². The SMILES string of the molecule is CC1=NC(NC2(C)NC3(C)CC=CCC3O2)=NC(C2C(Br)=CC=CC2C)C1C(=O)N(C)C1=C(C)CCC=C1. The first-order valence-electron chi connectivity index (χ1n) is 13.7. The Morgan fingerprint density at radius 3 is 2.76 bits per heavy atom. The first kappa shape index (κ1) is 27.3. The van der Waals surface area contributed by atoms with Crippen molar-refractivity contribution in [3.8, 4) is 0 Å². The standard InChI is InChI=1S/C30H40BrN5O2/c1-18-12-7-8-15-22(18)36(6)27(37)25-20(3)32-28(33-26(25)24-19(2)13-11-14-21(24)31)34-30(5)35-29(4)17-10-9-16-23(29)38-30/h8-11,13-15,19,23-26,35H,7,12,16-17H2,1-6H3,(H,33,34). The van der Waals surface area contributed by atoms with Gasteiger partial charge in [0.1, 0.15) is 0 Å². The van der Waals surface area contributed by atoms with Crippen LogP contribution in [0.5, 0.6) is 0 Å². The number of aliphatic imine (C=N–C) groups is 2. The van der Waals surface area contributed by atoms with Gasteiger partial charge in [-0.1, -0.05) is 59.3 Å². The summed E-state index contributed by atoms with van der Waals surface area (Å²) in [6.45, 7) is 10.4. The van der Waals surface area contributed by atoms with Gasteiger partial charge in [-0.2, -0.15) is 0 Å². The van der Waals surface area contributed by atoms with Crippen LogP contribution in [-0.4, -0.2) is 53.1 Å². The molecular formula is C30H40BrN5O2. The average Bonchev–Trinajstić information content (AvgIpc) is 3.12. The Morgan fingerprint density at radius 1 is 1.26 bits per heavy atom. The van der Waals surface area contributed by atoms with Crippen LogP contribution in [-0.2, 0) is 9.53 Å². The number of nitrogens with zero attached hydrogens (tertiary/aromatic N) is 3. The van der Waals surface area contributed by atoms with Crippen molar-refractivity contribution >= 4 is 33.5 Å². The van der Waals surface area contributed by atoms with Gasteiger partial charge in [-0.05, 0) is 70.9 Å². The van der Waals surface area contributed by atoms with Crippen LogP contribution in [0.3, 0.4) is 0 Å². The molecule has 0 aromatic rings. The molecule has 8 heteroatoms. The maximum Gasteiger partial charge on any atom is 0.237 e. The fourth-order valence-corrected chi connectivity index (χ4v) is 7.39. The van der Waals surface area contributed by atoms with Crippen LogP contribution in [0.15, 0.2) is 68.3 Å². The van der Waals surface area contributed by atoms with Gasteiger partial charge in [0, 0.05) is 34.4 Å². The van der Waals surface area contributed by atoms with Crippen LogP contribution in [0.2, 0.25) is 0 Å². The van der Waals surface area contributed by atoms with E-state index in [2.05, 4.69) is 89.9 Å². The zero-order valence-electron chi connectivity index (χ0n) is 23.3. The molecule has 0 aromatic carbocycles. The van der Waals surface area contributed by atoms with Crippen LogP contribution in [0, 0.1) is 17.8 Å². The van der Waals surface area contributed by atoms with Crippen molar-refractivity contribution < 1.29 is 9.53 Å². The Labute approximate surface area is 235 Å². The summed E-state index contributed by atoms with van der Waals surface area (Å²) >= 11 is 3.81. The lowest BCUT2D eigenvalue weighted by atomic mass is 9.76. The summed E-state index contributed by atoms with van der Waals surface area (Å²) in [5.41, 5.74) is 2.82. The first-order chi connectivity index (χ1) is 18.0. The van der Waals surface area contributed by atoms with Crippen LogP contribution < -0.4 is 10.6 Å². The Bertz CT molecular complexity index is 1210. The third kappa shape index (κ3) is 5.03. The van der Waals surface area contributed by atoms with E-state index < -0.39 is 11.8 Å². The molecule has 5 aliphatic rings. The second-order valence-corrected chi connectivity index (χ2v) is 12.6. The normalized spacial score (nSPS) is 38.4. The molecule has 0 aromatic heterocycles. The molecule has 1 saturated heterocycles. The highest BCUT2D eigenvalue weighted by Gasteiger charge is 2.51. The van der Waals surface area contributed by atoms with E-state index in [1.165, 1.54) is 5.57 Å². The molecule has 0 spiro atoms. The lowest BCUT2D eigenvalue weighted by Gasteiger charge is -2.39. The highest BCUT2D eigenvalue weighted by molar-refractivity contribution is 9.11. The predicted octanol–water partition coefficient (Wildman–Crippen LogP) is 5.35. The van der Waals surface area contributed by atoms with Gasteiger partial charge < -0.3 is 15.0 Å². The second-order valence-electron chi connectivity index (χ2n) is 11.7. The Morgan fingerprint density at radius 2 is 2.05 bits per heavy atom. The largest absolute Gasteiger partial charge is 0.337 e. The number of likely N-dealkylation sites (N-methyl/N-ethyl adjacent to an activating group) is 1. The van der Waals surface area contributed by atoms with Gasteiger partial charge in [-0.25, -0.2) is 9.98 Å². The molecule has 0 radical (unpaired) electrons. The molecule has 7 nitrogen and oxygen atoms in total. The van der Waals surface area contributed by atoms with Gasteiger partial charge in [0.2, 0.25) is 11.9 Å². The van der Waals surface area contributed by atoms with Crippen LogP contribution in [0.25, 0.3) is 0 Å². The number of halogens is 1. The topological polar surface area (TPSA) is 78.3 Å². The van der Waals surface area contributed by atoms with Gasteiger partial charge in [-0.3, -0.25) is 10.1 Å². The van der Waals surface area contributed by atoms with Crippen molar-refractivity contribution in [2.24, 2.45) is 27.7 Å². The monoisotopic (exact) mass is 581 g/mol. The van der Waals surface area contributed by atoms with E-state index in [0.29, 0.717) is 5.96 Å². The summed E-state index contributed by atoms with van der Waals surface area (Å²) in [7, 11) is 1.88. The molecule has 1 amide bonds. The molecule has 3 aliphatic carbocycles. The van der Waals surface area contributed by atoms with E-state index in [1.807, 2.05) is 20.9 Å². The Balaban J connectivity index is 1.47. The zero-order chi connectivity index (χ0) is 27.2.